The summed E-state index contributed by atoms with van der Waals surface area (Å²) in [5.41, 5.74) is 0. The van der Waals surface area contributed by atoms with Gasteiger partial charge in [0, 0.05) is 26.2 Å². The molecule has 2 rings (SSSR count). The first-order chi connectivity index (χ1) is 6.81. The molecule has 0 aromatic carbocycles. The largest absolute Gasteiger partial charge is 0.378 e. The zero-order chi connectivity index (χ0) is 9.97. The lowest BCUT2D eigenvalue weighted by Crippen LogP contribution is -2.47. The lowest BCUT2D eigenvalue weighted by Gasteiger charge is -2.36. The van der Waals surface area contributed by atoms with Crippen molar-refractivity contribution in [2.45, 2.75) is 31.9 Å². The number of methoxy groups -OCH3 is 1. The van der Waals surface area contributed by atoms with Gasteiger partial charge in [-0.25, -0.2) is 0 Å². The quantitative estimate of drug-likeness (QED) is 0.707. The first kappa shape index (κ1) is 10.4. The second kappa shape index (κ2) is 4.60. The number of hydrogen-bond acceptors (Lipinski definition) is 3. The minimum Gasteiger partial charge on any atom is -0.378 e. The average molecular weight is 198 g/mol. The summed E-state index contributed by atoms with van der Waals surface area (Å²) in [6.07, 6.45) is 3.11. The molecule has 0 bridgehead atoms. The van der Waals surface area contributed by atoms with Crippen LogP contribution in [-0.4, -0.2) is 50.3 Å². The lowest BCUT2D eigenvalue weighted by atomic mass is 9.97. The van der Waals surface area contributed by atoms with Crippen LogP contribution >= 0.6 is 0 Å². The smallest absolute Gasteiger partial charge is 0.0862 e. The number of ether oxygens (including phenoxy) is 1. The molecule has 2 aliphatic rings. The molecule has 2 saturated heterocycles. The van der Waals surface area contributed by atoms with Gasteiger partial charge < -0.3 is 10.1 Å². The second-order valence-electron chi connectivity index (χ2n) is 4.72. The Morgan fingerprint density at radius 1 is 1.21 bits per heavy atom. The molecular weight excluding hydrogens is 176 g/mol. The van der Waals surface area contributed by atoms with Crippen LogP contribution in [-0.2, 0) is 4.74 Å². The molecule has 0 spiro atoms. The average Bonchev–Trinajstić information content (AvgIpc) is 2.67. The zero-order valence-corrected chi connectivity index (χ0v) is 9.33. The minimum atomic E-state index is 0.406. The molecular formula is C11H22N2O. The molecule has 1 N–H and O–H groups in total. The van der Waals surface area contributed by atoms with E-state index in [1.165, 1.54) is 25.9 Å². The van der Waals surface area contributed by atoms with Crippen molar-refractivity contribution in [1.29, 1.82) is 0 Å². The Bertz CT molecular complexity index is 178. The van der Waals surface area contributed by atoms with E-state index in [1.54, 1.807) is 0 Å². The Balaban J connectivity index is 1.88. The van der Waals surface area contributed by atoms with E-state index >= 15 is 0 Å². The normalized spacial score (nSPS) is 36.4. The van der Waals surface area contributed by atoms with Crippen LogP contribution < -0.4 is 5.32 Å². The van der Waals surface area contributed by atoms with Crippen molar-refractivity contribution in [3.63, 3.8) is 0 Å². The van der Waals surface area contributed by atoms with Gasteiger partial charge in [0.1, 0.15) is 0 Å². The summed E-state index contributed by atoms with van der Waals surface area (Å²) in [6, 6.07) is 0.618. The van der Waals surface area contributed by atoms with Crippen molar-refractivity contribution in [1.82, 2.24) is 10.2 Å². The molecule has 82 valence electrons. The van der Waals surface area contributed by atoms with E-state index in [4.69, 9.17) is 4.74 Å². The third kappa shape index (κ3) is 2.10. The van der Waals surface area contributed by atoms with Crippen molar-refractivity contribution >= 4 is 0 Å². The maximum atomic E-state index is 5.50. The Morgan fingerprint density at radius 3 is 2.57 bits per heavy atom. The Kier molecular flexibility index (Phi) is 3.42. The van der Waals surface area contributed by atoms with E-state index in [-0.39, 0.29) is 0 Å². The van der Waals surface area contributed by atoms with Crippen molar-refractivity contribution in [3.8, 4) is 0 Å². The molecule has 2 heterocycles. The first-order valence-electron chi connectivity index (χ1n) is 5.79. The van der Waals surface area contributed by atoms with Gasteiger partial charge in [-0.05, 0) is 31.8 Å². The number of likely N-dealkylation sites (tertiary alicyclic amines) is 1. The van der Waals surface area contributed by atoms with Crippen LogP contribution in [0.25, 0.3) is 0 Å². The maximum absolute atomic E-state index is 5.50. The third-order valence-corrected chi connectivity index (χ3v) is 3.72. The van der Waals surface area contributed by atoms with Gasteiger partial charge in [-0.15, -0.1) is 0 Å². The van der Waals surface area contributed by atoms with Crippen molar-refractivity contribution in [3.05, 3.63) is 0 Å². The molecule has 14 heavy (non-hydrogen) atoms. The molecule has 2 fully saturated rings. The summed E-state index contributed by atoms with van der Waals surface area (Å²) < 4.78 is 5.50. The number of nitrogens with zero attached hydrogens (tertiary/aromatic N) is 1. The molecule has 0 aromatic heterocycles. The Hall–Kier alpha value is -0.120. The van der Waals surface area contributed by atoms with Crippen LogP contribution in [0.5, 0.6) is 0 Å². The van der Waals surface area contributed by atoms with E-state index in [1.807, 2.05) is 7.11 Å². The molecule has 2 aliphatic heterocycles. The molecule has 0 saturated carbocycles. The zero-order valence-electron chi connectivity index (χ0n) is 9.33. The Labute approximate surface area is 86.8 Å². The molecule has 3 heteroatoms. The first-order valence-corrected chi connectivity index (χ1v) is 5.79. The molecule has 0 radical (unpaired) electrons. The fraction of sp³-hybridized carbons (Fsp3) is 1.00. The second-order valence-corrected chi connectivity index (χ2v) is 4.72. The van der Waals surface area contributed by atoms with Gasteiger partial charge in [0.25, 0.3) is 0 Å². The highest BCUT2D eigenvalue weighted by atomic mass is 16.5. The third-order valence-electron chi connectivity index (χ3n) is 3.72. The van der Waals surface area contributed by atoms with E-state index < -0.39 is 0 Å². The van der Waals surface area contributed by atoms with Gasteiger partial charge in [-0.3, -0.25) is 4.90 Å². The van der Waals surface area contributed by atoms with E-state index in [2.05, 4.69) is 17.1 Å². The van der Waals surface area contributed by atoms with E-state index in [0.717, 1.165) is 19.0 Å². The Morgan fingerprint density at radius 2 is 1.93 bits per heavy atom. The summed E-state index contributed by atoms with van der Waals surface area (Å²) in [5, 5.41) is 3.42. The number of hydrogen-bond donors (Lipinski definition) is 1. The van der Waals surface area contributed by atoms with Crippen LogP contribution in [0.3, 0.4) is 0 Å². The van der Waals surface area contributed by atoms with Gasteiger partial charge >= 0.3 is 0 Å². The highest BCUT2D eigenvalue weighted by Gasteiger charge is 2.33. The summed E-state index contributed by atoms with van der Waals surface area (Å²) in [5.74, 6) is 0.918. The summed E-state index contributed by atoms with van der Waals surface area (Å²) in [4.78, 5) is 2.61. The molecule has 2 atom stereocenters. The molecule has 0 amide bonds. The predicted molar refractivity (Wildman–Crippen MR) is 57.4 cm³/mol. The van der Waals surface area contributed by atoms with Gasteiger partial charge in [0.15, 0.2) is 0 Å². The molecule has 0 aromatic rings. The van der Waals surface area contributed by atoms with Gasteiger partial charge in [0.05, 0.1) is 6.10 Å². The molecule has 0 aliphatic carbocycles. The van der Waals surface area contributed by atoms with Gasteiger partial charge in [-0.2, -0.15) is 0 Å². The number of nitrogens with one attached hydrogen (secondary N) is 1. The van der Waals surface area contributed by atoms with Gasteiger partial charge in [0.2, 0.25) is 0 Å². The standard InChI is InChI=1S/C11H22N2O/c1-9-3-5-13(6-4-9)10-7-12-8-11(10)14-2/h9-12H,3-8H2,1-2H3/t10?,11-/m0/s1. The van der Waals surface area contributed by atoms with E-state index in [0.29, 0.717) is 12.1 Å². The highest BCUT2D eigenvalue weighted by Crippen LogP contribution is 2.21. The monoisotopic (exact) mass is 198 g/mol. The number of piperidine rings is 1. The van der Waals surface area contributed by atoms with Crippen LogP contribution in [0.1, 0.15) is 19.8 Å². The van der Waals surface area contributed by atoms with Crippen molar-refractivity contribution in [2.75, 3.05) is 33.3 Å². The summed E-state index contributed by atoms with van der Waals surface area (Å²) in [7, 11) is 1.83. The van der Waals surface area contributed by atoms with Crippen molar-refractivity contribution < 1.29 is 4.74 Å². The van der Waals surface area contributed by atoms with Crippen LogP contribution in [0, 0.1) is 5.92 Å². The summed E-state index contributed by atoms with van der Waals surface area (Å²) in [6.45, 7) is 7.00. The van der Waals surface area contributed by atoms with E-state index in [9.17, 15) is 0 Å². The number of rotatable bonds is 2. The van der Waals surface area contributed by atoms with Crippen LogP contribution in [0.2, 0.25) is 0 Å². The SMILES string of the molecule is CO[C@H]1CNCC1N1CCC(C)CC1. The topological polar surface area (TPSA) is 24.5 Å². The lowest BCUT2D eigenvalue weighted by molar-refractivity contribution is 0.0299. The predicted octanol–water partition coefficient (Wildman–Crippen LogP) is 0.705. The van der Waals surface area contributed by atoms with Gasteiger partial charge in [-0.1, -0.05) is 6.92 Å². The highest BCUT2D eigenvalue weighted by molar-refractivity contribution is 4.91. The fourth-order valence-electron chi connectivity index (χ4n) is 2.61. The van der Waals surface area contributed by atoms with Crippen molar-refractivity contribution in [2.24, 2.45) is 5.92 Å². The fourth-order valence-corrected chi connectivity index (χ4v) is 2.61. The summed E-state index contributed by atoms with van der Waals surface area (Å²) >= 11 is 0. The molecule has 3 nitrogen and oxygen atoms in total. The maximum Gasteiger partial charge on any atom is 0.0862 e. The molecule has 1 unspecified atom stereocenters. The van der Waals surface area contributed by atoms with Crippen LogP contribution in [0.15, 0.2) is 0 Å². The minimum absolute atomic E-state index is 0.406. The van der Waals surface area contributed by atoms with Crippen LogP contribution in [0.4, 0.5) is 0 Å².